The monoisotopic (exact) mass is 680 g/mol. The molecule has 5 aromatic rings. The van der Waals surface area contributed by atoms with E-state index in [4.69, 9.17) is 0 Å². The number of carbonyl (C=O) groups excluding carboxylic acids is 4. The van der Waals surface area contributed by atoms with Crippen LogP contribution in [0.1, 0.15) is 22.8 Å². The van der Waals surface area contributed by atoms with Crippen LogP contribution in [0.25, 0.3) is 0 Å². The summed E-state index contributed by atoms with van der Waals surface area (Å²) in [6.07, 6.45) is 0.197. The van der Waals surface area contributed by atoms with Crippen molar-refractivity contribution in [2.75, 3.05) is 6.54 Å². The smallest absolute Gasteiger partial charge is 0.251 e. The van der Waals surface area contributed by atoms with Gasteiger partial charge in [0.1, 0.15) is 23.4 Å². The van der Waals surface area contributed by atoms with E-state index >= 15 is 0 Å². The van der Waals surface area contributed by atoms with Crippen LogP contribution in [0, 0.1) is 11.3 Å². The second-order valence-corrected chi connectivity index (χ2v) is 14.9. The maximum Gasteiger partial charge on any atom is 0.251 e. The average Bonchev–Trinajstić information content (AvgIpc) is 3.17. The lowest BCUT2D eigenvalue weighted by Gasteiger charge is -2.30. The number of amides is 3. The summed E-state index contributed by atoms with van der Waals surface area (Å²) in [5.74, 6) is -2.12. The molecule has 0 aromatic heterocycles. The molecule has 0 radical (unpaired) electrons. The molecule has 50 heavy (non-hydrogen) atoms. The van der Waals surface area contributed by atoms with Gasteiger partial charge < -0.3 is 16.0 Å². The van der Waals surface area contributed by atoms with E-state index in [0.29, 0.717) is 5.56 Å². The summed E-state index contributed by atoms with van der Waals surface area (Å²) < 4.78 is 0. The summed E-state index contributed by atoms with van der Waals surface area (Å²) in [7, 11) is 0. The Balaban J connectivity index is 1.38. The number of rotatable bonds is 13. The molecule has 3 amide bonds. The number of nitrogens with zero attached hydrogens (tertiary/aromatic N) is 1. The van der Waals surface area contributed by atoms with Crippen molar-refractivity contribution < 1.29 is 19.2 Å². The number of Topliss-reactive ketones (excluding diaryl/α,β-unsaturated/α-hetero) is 1. The average molecular weight is 681 g/mol. The van der Waals surface area contributed by atoms with E-state index in [1.807, 2.05) is 121 Å². The lowest BCUT2D eigenvalue weighted by molar-refractivity contribution is -0.130. The number of benzene rings is 5. The third-order valence-electron chi connectivity index (χ3n) is 8.25. The van der Waals surface area contributed by atoms with Gasteiger partial charge >= 0.3 is 0 Å². The van der Waals surface area contributed by atoms with Crippen molar-refractivity contribution in [1.29, 1.82) is 5.26 Å². The normalized spacial score (nSPS) is 12.0. The molecule has 5 aromatic carbocycles. The fraction of sp³-hybridized carbons (Fsp3) is 0.122. The Hall–Kier alpha value is -6.03. The molecule has 3 N–H and O–H groups in total. The number of hydrogen-bond acceptors (Lipinski definition) is 5. The summed E-state index contributed by atoms with van der Waals surface area (Å²) in [6, 6.07) is 46.5. The SMILES string of the molecule is C[C@H](NC(=O)[C@H](Cc1ccccc1)NC(=O)c1ccccc1)C(=O)NCC(=O)C(C#N)=P(c1ccccc1)(c1ccccc1)c1ccccc1. The van der Waals surface area contributed by atoms with Crippen LogP contribution >= 0.6 is 6.89 Å². The van der Waals surface area contributed by atoms with Gasteiger partial charge in [0.2, 0.25) is 11.8 Å². The molecule has 0 spiro atoms. The molecule has 8 nitrogen and oxygen atoms in total. The minimum absolute atomic E-state index is 0.0460. The predicted octanol–water partition coefficient (Wildman–Crippen LogP) is 3.91. The van der Waals surface area contributed by atoms with Gasteiger partial charge in [0.15, 0.2) is 5.78 Å². The van der Waals surface area contributed by atoms with E-state index in [1.54, 1.807) is 30.3 Å². The fourth-order valence-corrected chi connectivity index (χ4v) is 9.92. The lowest BCUT2D eigenvalue weighted by atomic mass is 10.0. The molecule has 0 bridgehead atoms. The Labute approximate surface area is 292 Å². The molecule has 0 aliphatic carbocycles. The zero-order chi connectivity index (χ0) is 35.3. The van der Waals surface area contributed by atoms with Gasteiger partial charge in [-0.1, -0.05) is 140 Å². The van der Waals surface area contributed by atoms with E-state index in [9.17, 15) is 24.4 Å². The molecule has 2 atom stereocenters. The number of ketones is 1. The van der Waals surface area contributed by atoms with Crippen LogP contribution in [0.5, 0.6) is 0 Å². The first-order valence-electron chi connectivity index (χ1n) is 16.2. The summed E-state index contributed by atoms with van der Waals surface area (Å²) in [5, 5.41) is 21.3. The van der Waals surface area contributed by atoms with Crippen molar-refractivity contribution in [3.8, 4) is 6.07 Å². The summed E-state index contributed by atoms with van der Waals surface area (Å²) >= 11 is 0. The highest BCUT2D eigenvalue weighted by atomic mass is 31.2. The maximum absolute atomic E-state index is 14.1. The molecular formula is C41H37N4O4P. The van der Waals surface area contributed by atoms with E-state index < -0.39 is 49.0 Å². The van der Waals surface area contributed by atoms with E-state index in [2.05, 4.69) is 22.0 Å². The van der Waals surface area contributed by atoms with Crippen molar-refractivity contribution >= 4 is 51.6 Å². The van der Waals surface area contributed by atoms with Gasteiger partial charge in [0.05, 0.1) is 6.54 Å². The first kappa shape index (κ1) is 35.3. The summed E-state index contributed by atoms with van der Waals surface area (Å²) in [6.45, 7) is -1.92. The summed E-state index contributed by atoms with van der Waals surface area (Å²) in [5.41, 5.74) is 1.22. The third-order valence-corrected chi connectivity index (χ3v) is 12.5. The zero-order valence-electron chi connectivity index (χ0n) is 27.5. The van der Waals surface area contributed by atoms with Crippen molar-refractivity contribution in [3.63, 3.8) is 0 Å². The molecule has 0 fully saturated rings. The van der Waals surface area contributed by atoms with Gasteiger partial charge in [-0.05, 0) is 47.4 Å². The lowest BCUT2D eigenvalue weighted by Crippen LogP contribution is -2.54. The standard InChI is InChI=1S/C41H37N4O4P/c1-30(44-41(49)36(27-31-17-7-2-8-18-31)45-40(48)32-19-9-3-10-20-32)39(47)43-29-37(46)38(28-42)50(33-21-11-4-12-22-33,34-23-13-5-14-24-34)35-25-15-6-16-26-35/h2-26,30,36H,27,29H2,1H3,(H,43,47)(H,44,49)(H,45,48)/t30-,36-/m0/s1. The van der Waals surface area contributed by atoms with Crippen molar-refractivity contribution in [1.82, 2.24) is 16.0 Å². The van der Waals surface area contributed by atoms with Crippen LogP contribution < -0.4 is 31.9 Å². The second-order valence-electron chi connectivity index (χ2n) is 11.6. The van der Waals surface area contributed by atoms with Crippen LogP contribution in [-0.2, 0) is 20.8 Å². The van der Waals surface area contributed by atoms with Crippen LogP contribution in [0.3, 0.4) is 0 Å². The van der Waals surface area contributed by atoms with Gasteiger partial charge in [0.25, 0.3) is 5.91 Å². The minimum atomic E-state index is -2.97. The molecule has 250 valence electrons. The second kappa shape index (κ2) is 16.9. The molecule has 9 heteroatoms. The van der Waals surface area contributed by atoms with Crippen molar-refractivity contribution in [2.45, 2.75) is 25.4 Å². The fourth-order valence-electron chi connectivity index (χ4n) is 5.79. The molecule has 0 aliphatic heterocycles. The largest absolute Gasteiger partial charge is 0.347 e. The van der Waals surface area contributed by atoms with Gasteiger partial charge in [-0.15, -0.1) is 0 Å². The van der Waals surface area contributed by atoms with Crippen molar-refractivity contribution in [2.24, 2.45) is 0 Å². The van der Waals surface area contributed by atoms with E-state index in [0.717, 1.165) is 21.5 Å². The van der Waals surface area contributed by atoms with Crippen LogP contribution in [-0.4, -0.2) is 47.4 Å². The van der Waals surface area contributed by atoms with Crippen molar-refractivity contribution in [3.05, 3.63) is 163 Å². The molecule has 0 aliphatic rings. The Morgan fingerprint density at radius 2 is 1.06 bits per heavy atom. The number of nitriles is 1. The molecule has 0 saturated carbocycles. The van der Waals surface area contributed by atoms with E-state index in [-0.39, 0.29) is 11.7 Å². The Kier molecular flexibility index (Phi) is 11.9. The van der Waals surface area contributed by atoms with Crippen LogP contribution in [0.2, 0.25) is 0 Å². The quantitative estimate of drug-likeness (QED) is 0.163. The number of hydrogen-bond donors (Lipinski definition) is 3. The van der Waals surface area contributed by atoms with Gasteiger partial charge in [-0.25, -0.2) is 0 Å². The highest BCUT2D eigenvalue weighted by Crippen LogP contribution is 2.46. The van der Waals surface area contributed by atoms with Gasteiger partial charge in [-0.2, -0.15) is 5.26 Å². The molecule has 5 rings (SSSR count). The Morgan fingerprint density at radius 3 is 1.52 bits per heavy atom. The highest BCUT2D eigenvalue weighted by Gasteiger charge is 2.33. The maximum atomic E-state index is 14.1. The predicted molar refractivity (Wildman–Crippen MR) is 199 cm³/mol. The number of carbonyl (C=O) groups is 4. The van der Waals surface area contributed by atoms with Crippen LogP contribution in [0.15, 0.2) is 152 Å². The third kappa shape index (κ3) is 8.15. The number of nitrogens with one attached hydrogen (secondary N) is 3. The van der Waals surface area contributed by atoms with Gasteiger partial charge in [0, 0.05) is 12.0 Å². The molecule has 0 unspecified atom stereocenters. The first-order chi connectivity index (χ1) is 24.3. The highest BCUT2D eigenvalue weighted by molar-refractivity contribution is 7.97. The minimum Gasteiger partial charge on any atom is -0.347 e. The Bertz CT molecular complexity index is 1930. The van der Waals surface area contributed by atoms with E-state index in [1.165, 1.54) is 6.92 Å². The Morgan fingerprint density at radius 1 is 0.620 bits per heavy atom. The molecule has 0 heterocycles. The molecule has 0 saturated heterocycles. The van der Waals surface area contributed by atoms with Gasteiger partial charge in [-0.3, -0.25) is 19.2 Å². The summed E-state index contributed by atoms with van der Waals surface area (Å²) in [4.78, 5) is 53.9. The first-order valence-corrected chi connectivity index (χ1v) is 18.0. The zero-order valence-corrected chi connectivity index (χ0v) is 28.4. The molecular weight excluding hydrogens is 643 g/mol. The van der Waals surface area contributed by atoms with Crippen LogP contribution in [0.4, 0.5) is 0 Å². The topological polar surface area (TPSA) is 128 Å².